The Labute approximate surface area is 92.5 Å². The van der Waals surface area contributed by atoms with Gasteiger partial charge in [0.1, 0.15) is 5.69 Å². The summed E-state index contributed by atoms with van der Waals surface area (Å²) in [4.78, 5) is 16.2. The Bertz CT molecular complexity index is 345. The summed E-state index contributed by atoms with van der Waals surface area (Å²) in [6.07, 6.45) is 1.57. The van der Waals surface area contributed by atoms with Crippen molar-refractivity contribution in [1.29, 1.82) is 0 Å². The van der Waals surface area contributed by atoms with Crippen molar-refractivity contribution in [3.63, 3.8) is 0 Å². The number of carbonyl (C=O) groups is 1. The quantitative estimate of drug-likeness (QED) is 0.773. The van der Waals surface area contributed by atoms with Crippen LogP contribution >= 0.6 is 11.3 Å². The summed E-state index contributed by atoms with van der Waals surface area (Å²) >= 11 is 1.51. The van der Waals surface area contributed by atoms with Crippen molar-refractivity contribution in [2.75, 3.05) is 19.8 Å². The predicted molar refractivity (Wildman–Crippen MR) is 58.1 cm³/mol. The predicted octanol–water partition coefficient (Wildman–Crippen LogP) is 0.863. The molecule has 0 saturated carbocycles. The highest BCUT2D eigenvalue weighted by molar-refractivity contribution is 7.09. The van der Waals surface area contributed by atoms with Crippen LogP contribution in [0.1, 0.15) is 21.9 Å². The van der Waals surface area contributed by atoms with Crippen LogP contribution < -0.4 is 5.73 Å². The fourth-order valence-electron chi connectivity index (χ4n) is 1.61. The Kier molecular flexibility index (Phi) is 3.45. The van der Waals surface area contributed by atoms with Crippen LogP contribution in [0.3, 0.4) is 0 Å². The van der Waals surface area contributed by atoms with E-state index in [4.69, 9.17) is 10.5 Å². The topological polar surface area (TPSA) is 65.2 Å². The molecule has 0 spiro atoms. The highest BCUT2D eigenvalue weighted by atomic mass is 32.1. The van der Waals surface area contributed by atoms with Crippen molar-refractivity contribution >= 4 is 17.1 Å². The average Bonchev–Trinajstić information content (AvgIpc) is 2.87. The molecule has 0 bridgehead atoms. The van der Waals surface area contributed by atoms with Crippen LogP contribution in [-0.4, -0.2) is 30.5 Å². The van der Waals surface area contributed by atoms with Gasteiger partial charge < -0.3 is 10.5 Å². The van der Waals surface area contributed by atoms with Gasteiger partial charge in [0.15, 0.2) is 5.78 Å². The lowest BCUT2D eigenvalue weighted by atomic mass is 10.0. The first-order valence-electron chi connectivity index (χ1n) is 5.07. The van der Waals surface area contributed by atoms with Crippen molar-refractivity contribution in [2.45, 2.75) is 12.8 Å². The highest BCUT2D eigenvalue weighted by Gasteiger charge is 2.26. The molecule has 2 rings (SSSR count). The second-order valence-corrected chi connectivity index (χ2v) is 4.53. The SMILES string of the molecule is NCCc1nc(C(=O)C2CCOC2)cs1. The Morgan fingerprint density at radius 1 is 1.73 bits per heavy atom. The zero-order valence-corrected chi connectivity index (χ0v) is 9.26. The van der Waals surface area contributed by atoms with Gasteiger partial charge in [0.05, 0.1) is 11.6 Å². The Morgan fingerprint density at radius 3 is 3.27 bits per heavy atom. The molecule has 1 unspecified atom stereocenters. The summed E-state index contributed by atoms with van der Waals surface area (Å²) in [6, 6.07) is 0. The van der Waals surface area contributed by atoms with Crippen LogP contribution in [0.2, 0.25) is 0 Å². The summed E-state index contributed by atoms with van der Waals surface area (Å²) in [5.74, 6) is 0.129. The Balaban J connectivity index is 2.04. The molecule has 4 nitrogen and oxygen atoms in total. The number of aromatic nitrogens is 1. The van der Waals surface area contributed by atoms with E-state index in [1.807, 2.05) is 5.38 Å². The standard InChI is InChI=1S/C10H14N2O2S/c11-3-1-9-12-8(6-15-9)10(13)7-2-4-14-5-7/h6-7H,1-5,11H2. The normalized spacial score (nSPS) is 20.7. The first-order chi connectivity index (χ1) is 7.31. The first kappa shape index (κ1) is 10.7. The minimum absolute atomic E-state index is 0.0119. The van der Waals surface area contributed by atoms with Crippen molar-refractivity contribution in [3.05, 3.63) is 16.1 Å². The summed E-state index contributed by atoms with van der Waals surface area (Å²) < 4.78 is 5.19. The molecule has 1 aromatic heterocycles. The number of thiazole rings is 1. The first-order valence-corrected chi connectivity index (χ1v) is 5.95. The van der Waals surface area contributed by atoms with E-state index in [2.05, 4.69) is 4.98 Å². The second-order valence-electron chi connectivity index (χ2n) is 3.59. The van der Waals surface area contributed by atoms with E-state index >= 15 is 0 Å². The number of Topliss-reactive ketones (excluding diaryl/α,β-unsaturated/α-hetero) is 1. The summed E-state index contributed by atoms with van der Waals surface area (Å²) in [6.45, 7) is 1.81. The summed E-state index contributed by atoms with van der Waals surface area (Å²) in [5.41, 5.74) is 6.01. The molecule has 82 valence electrons. The lowest BCUT2D eigenvalue weighted by molar-refractivity contribution is 0.0895. The molecule has 1 aromatic rings. The van der Waals surface area contributed by atoms with Gasteiger partial charge in [-0.2, -0.15) is 0 Å². The van der Waals surface area contributed by atoms with Gasteiger partial charge in [0.2, 0.25) is 0 Å². The van der Waals surface area contributed by atoms with Crippen LogP contribution in [0, 0.1) is 5.92 Å². The molecule has 1 fully saturated rings. The second kappa shape index (κ2) is 4.83. The molecule has 1 aliphatic heterocycles. The van der Waals surface area contributed by atoms with Gasteiger partial charge in [-0.15, -0.1) is 11.3 Å². The van der Waals surface area contributed by atoms with Gasteiger partial charge in [0.25, 0.3) is 0 Å². The summed E-state index contributed by atoms with van der Waals surface area (Å²) in [7, 11) is 0. The van der Waals surface area contributed by atoms with E-state index in [0.717, 1.165) is 17.8 Å². The fourth-order valence-corrected chi connectivity index (χ4v) is 2.42. The van der Waals surface area contributed by atoms with E-state index < -0.39 is 0 Å². The van der Waals surface area contributed by atoms with Gasteiger partial charge in [-0.3, -0.25) is 4.79 Å². The molecular formula is C10H14N2O2S. The maximum absolute atomic E-state index is 11.9. The number of hydrogen-bond acceptors (Lipinski definition) is 5. The van der Waals surface area contributed by atoms with E-state index in [-0.39, 0.29) is 11.7 Å². The molecule has 5 heteroatoms. The number of rotatable bonds is 4. The minimum Gasteiger partial charge on any atom is -0.381 e. The molecule has 0 radical (unpaired) electrons. The van der Waals surface area contributed by atoms with E-state index in [0.29, 0.717) is 25.5 Å². The maximum Gasteiger partial charge on any atom is 0.187 e. The van der Waals surface area contributed by atoms with Gasteiger partial charge in [-0.25, -0.2) is 4.98 Å². The molecule has 1 aliphatic rings. The van der Waals surface area contributed by atoms with Gasteiger partial charge in [-0.05, 0) is 13.0 Å². The molecule has 0 aromatic carbocycles. The zero-order chi connectivity index (χ0) is 10.7. The van der Waals surface area contributed by atoms with E-state index in [9.17, 15) is 4.79 Å². The molecular weight excluding hydrogens is 212 g/mol. The molecule has 15 heavy (non-hydrogen) atoms. The highest BCUT2D eigenvalue weighted by Crippen LogP contribution is 2.20. The molecule has 0 amide bonds. The number of hydrogen-bond donors (Lipinski definition) is 1. The molecule has 1 atom stereocenters. The zero-order valence-electron chi connectivity index (χ0n) is 8.44. The summed E-state index contributed by atoms with van der Waals surface area (Å²) in [5, 5.41) is 2.77. The van der Waals surface area contributed by atoms with Crippen molar-refractivity contribution in [2.24, 2.45) is 11.7 Å². The van der Waals surface area contributed by atoms with Crippen molar-refractivity contribution in [1.82, 2.24) is 4.98 Å². The third-order valence-corrected chi connectivity index (χ3v) is 3.37. The van der Waals surface area contributed by atoms with Crippen LogP contribution in [-0.2, 0) is 11.2 Å². The molecule has 1 saturated heterocycles. The van der Waals surface area contributed by atoms with Crippen LogP contribution in [0.15, 0.2) is 5.38 Å². The molecule has 0 aliphatic carbocycles. The van der Waals surface area contributed by atoms with Gasteiger partial charge in [-0.1, -0.05) is 0 Å². The number of ketones is 1. The number of nitrogens with zero attached hydrogens (tertiary/aromatic N) is 1. The Hall–Kier alpha value is -0.780. The minimum atomic E-state index is 0.0119. The maximum atomic E-state index is 11.9. The average molecular weight is 226 g/mol. The fraction of sp³-hybridized carbons (Fsp3) is 0.600. The van der Waals surface area contributed by atoms with Crippen LogP contribution in [0.5, 0.6) is 0 Å². The Morgan fingerprint density at radius 2 is 2.60 bits per heavy atom. The number of ether oxygens (including phenoxy) is 1. The monoisotopic (exact) mass is 226 g/mol. The van der Waals surface area contributed by atoms with E-state index in [1.54, 1.807) is 0 Å². The van der Waals surface area contributed by atoms with Crippen LogP contribution in [0.25, 0.3) is 0 Å². The third-order valence-electron chi connectivity index (χ3n) is 2.46. The van der Waals surface area contributed by atoms with Crippen molar-refractivity contribution in [3.8, 4) is 0 Å². The smallest absolute Gasteiger partial charge is 0.187 e. The number of nitrogens with two attached hydrogens (primary N) is 1. The molecule has 2 heterocycles. The number of carbonyl (C=O) groups excluding carboxylic acids is 1. The van der Waals surface area contributed by atoms with E-state index in [1.165, 1.54) is 11.3 Å². The largest absolute Gasteiger partial charge is 0.381 e. The third kappa shape index (κ3) is 2.42. The lowest BCUT2D eigenvalue weighted by Crippen LogP contribution is -2.15. The molecule has 2 N–H and O–H groups in total. The van der Waals surface area contributed by atoms with Gasteiger partial charge >= 0.3 is 0 Å². The lowest BCUT2D eigenvalue weighted by Gasteiger charge is -2.02. The van der Waals surface area contributed by atoms with Crippen molar-refractivity contribution < 1.29 is 9.53 Å². The van der Waals surface area contributed by atoms with Crippen LogP contribution in [0.4, 0.5) is 0 Å². The van der Waals surface area contributed by atoms with Gasteiger partial charge in [0, 0.05) is 24.3 Å².